The highest BCUT2D eigenvalue weighted by Crippen LogP contribution is 2.17. The Morgan fingerprint density at radius 1 is 1.60 bits per heavy atom. The number of rotatable bonds is 0. The number of fused-ring (bicyclic) bond motifs is 1. The molecular formula is C8H6NS. The number of aromatic nitrogens is 1. The summed E-state index contributed by atoms with van der Waals surface area (Å²) in [6, 6.07) is 7.26. The zero-order valence-electron chi connectivity index (χ0n) is 5.59. The lowest BCUT2D eigenvalue weighted by molar-refractivity contribution is 1.51. The molecule has 0 aliphatic carbocycles. The molecule has 1 radical (unpaired) electrons. The summed E-state index contributed by atoms with van der Waals surface area (Å²) >= 11 is 1.52. The van der Waals surface area contributed by atoms with Crippen molar-refractivity contribution in [3.05, 3.63) is 30.0 Å². The average molecular weight is 148 g/mol. The number of nitrogens with zero attached hydrogens (tertiary/aromatic N) is 1. The van der Waals surface area contributed by atoms with E-state index in [9.17, 15) is 0 Å². The van der Waals surface area contributed by atoms with Gasteiger partial charge in [-0.15, -0.1) is 0 Å². The van der Waals surface area contributed by atoms with E-state index in [0.717, 1.165) is 5.39 Å². The largest absolute Gasteiger partial charge is 0.200 e. The van der Waals surface area contributed by atoms with Gasteiger partial charge < -0.3 is 0 Å². The van der Waals surface area contributed by atoms with Crippen LogP contribution in [0.15, 0.2) is 18.3 Å². The van der Waals surface area contributed by atoms with E-state index in [1.54, 1.807) is 0 Å². The van der Waals surface area contributed by atoms with E-state index >= 15 is 0 Å². The van der Waals surface area contributed by atoms with E-state index in [4.69, 9.17) is 0 Å². The van der Waals surface area contributed by atoms with Crippen LogP contribution in [0.1, 0.15) is 5.56 Å². The van der Waals surface area contributed by atoms with Crippen molar-refractivity contribution >= 4 is 21.6 Å². The SMILES string of the molecule is Cc1c[c]c2cnsc2c1. The van der Waals surface area contributed by atoms with Crippen molar-refractivity contribution in [2.45, 2.75) is 6.92 Å². The Morgan fingerprint density at radius 2 is 2.50 bits per heavy atom. The van der Waals surface area contributed by atoms with Crippen molar-refractivity contribution in [1.29, 1.82) is 0 Å². The van der Waals surface area contributed by atoms with Gasteiger partial charge in [0.15, 0.2) is 0 Å². The van der Waals surface area contributed by atoms with E-state index in [1.165, 1.54) is 21.8 Å². The second kappa shape index (κ2) is 2.06. The van der Waals surface area contributed by atoms with Crippen molar-refractivity contribution in [2.75, 3.05) is 0 Å². The van der Waals surface area contributed by atoms with Crippen LogP contribution in [0.3, 0.4) is 0 Å². The van der Waals surface area contributed by atoms with Gasteiger partial charge in [0.05, 0.1) is 4.70 Å². The van der Waals surface area contributed by atoms with Gasteiger partial charge in [-0.3, -0.25) is 0 Å². The van der Waals surface area contributed by atoms with Gasteiger partial charge in [0.25, 0.3) is 0 Å². The molecule has 1 aromatic carbocycles. The zero-order valence-corrected chi connectivity index (χ0v) is 6.40. The molecule has 2 aromatic rings. The van der Waals surface area contributed by atoms with Crippen LogP contribution in [0.25, 0.3) is 10.1 Å². The van der Waals surface area contributed by atoms with Gasteiger partial charge in [0.1, 0.15) is 0 Å². The first-order valence-corrected chi connectivity index (χ1v) is 3.86. The summed E-state index contributed by atoms with van der Waals surface area (Å²) in [5.74, 6) is 0. The van der Waals surface area contributed by atoms with Gasteiger partial charge in [-0.05, 0) is 36.2 Å². The Bertz CT molecular complexity index is 351. The minimum Gasteiger partial charge on any atom is -0.200 e. The normalized spacial score (nSPS) is 10.5. The van der Waals surface area contributed by atoms with Crippen LogP contribution in [-0.2, 0) is 0 Å². The summed E-state index contributed by atoms with van der Waals surface area (Å²) in [6.07, 6.45) is 1.85. The molecule has 10 heavy (non-hydrogen) atoms. The van der Waals surface area contributed by atoms with Crippen molar-refractivity contribution in [1.82, 2.24) is 4.37 Å². The molecule has 1 nitrogen and oxygen atoms in total. The van der Waals surface area contributed by atoms with Crippen LogP contribution in [0, 0.1) is 13.0 Å². The van der Waals surface area contributed by atoms with Crippen molar-refractivity contribution in [2.24, 2.45) is 0 Å². The Labute approximate surface area is 63.5 Å². The summed E-state index contributed by atoms with van der Waals surface area (Å²) in [5, 5.41) is 1.12. The van der Waals surface area contributed by atoms with Gasteiger partial charge in [-0.2, -0.15) is 4.37 Å². The standard InChI is InChI=1S/C8H6NS/c1-6-2-3-7-5-9-10-8(7)4-6/h2,4-5H,1H3. The molecule has 1 aromatic heterocycles. The molecule has 0 saturated carbocycles. The molecule has 0 fully saturated rings. The average Bonchev–Trinajstić information content (AvgIpc) is 2.33. The van der Waals surface area contributed by atoms with Gasteiger partial charge in [-0.1, -0.05) is 6.07 Å². The van der Waals surface area contributed by atoms with E-state index in [0.29, 0.717) is 0 Å². The van der Waals surface area contributed by atoms with Gasteiger partial charge in [0.2, 0.25) is 0 Å². The summed E-state index contributed by atoms with van der Waals surface area (Å²) in [4.78, 5) is 0. The fraction of sp³-hybridized carbons (Fsp3) is 0.125. The molecule has 0 atom stereocenters. The molecule has 1 heterocycles. The molecular weight excluding hydrogens is 142 g/mol. The van der Waals surface area contributed by atoms with Crippen molar-refractivity contribution < 1.29 is 0 Å². The molecule has 0 bridgehead atoms. The topological polar surface area (TPSA) is 12.9 Å². The number of hydrogen-bond donors (Lipinski definition) is 0. The Balaban J connectivity index is 2.86. The predicted molar refractivity (Wildman–Crippen MR) is 43.2 cm³/mol. The Kier molecular flexibility index (Phi) is 1.21. The van der Waals surface area contributed by atoms with Crippen molar-refractivity contribution in [3.8, 4) is 0 Å². The number of aryl methyl sites for hydroxylation is 1. The lowest BCUT2D eigenvalue weighted by Gasteiger charge is -1.87. The second-order valence-electron chi connectivity index (χ2n) is 2.28. The molecule has 0 spiro atoms. The number of benzene rings is 1. The zero-order chi connectivity index (χ0) is 6.97. The molecule has 0 amide bonds. The molecule has 0 saturated heterocycles. The van der Waals surface area contributed by atoms with Crippen LogP contribution in [-0.4, -0.2) is 4.37 Å². The highest BCUT2D eigenvalue weighted by Gasteiger charge is 1.93. The van der Waals surface area contributed by atoms with Crippen LogP contribution in [0.2, 0.25) is 0 Å². The second-order valence-corrected chi connectivity index (χ2v) is 3.11. The fourth-order valence-electron chi connectivity index (χ4n) is 0.901. The lowest BCUT2D eigenvalue weighted by Crippen LogP contribution is -1.67. The predicted octanol–water partition coefficient (Wildman–Crippen LogP) is 2.40. The third-order valence-corrected chi connectivity index (χ3v) is 2.16. The molecule has 2 heteroatoms. The molecule has 0 unspecified atom stereocenters. The molecule has 0 aliphatic heterocycles. The molecule has 49 valence electrons. The maximum absolute atomic E-state index is 4.05. The van der Waals surface area contributed by atoms with E-state index < -0.39 is 0 Å². The maximum Gasteiger partial charge on any atom is 0.0558 e. The van der Waals surface area contributed by atoms with Crippen LogP contribution in [0.5, 0.6) is 0 Å². The summed E-state index contributed by atoms with van der Waals surface area (Å²) in [6.45, 7) is 2.07. The van der Waals surface area contributed by atoms with Crippen LogP contribution >= 0.6 is 11.5 Å². The Morgan fingerprint density at radius 3 is 3.40 bits per heavy atom. The first-order chi connectivity index (χ1) is 4.86. The highest BCUT2D eigenvalue weighted by atomic mass is 32.1. The third-order valence-electron chi connectivity index (χ3n) is 1.41. The summed E-state index contributed by atoms with van der Waals surface area (Å²) in [7, 11) is 0. The van der Waals surface area contributed by atoms with Gasteiger partial charge in [0, 0.05) is 11.6 Å². The summed E-state index contributed by atoms with van der Waals surface area (Å²) in [5.41, 5.74) is 1.25. The first-order valence-electron chi connectivity index (χ1n) is 3.09. The molecule has 0 aliphatic rings. The van der Waals surface area contributed by atoms with Crippen molar-refractivity contribution in [3.63, 3.8) is 0 Å². The third kappa shape index (κ3) is 0.809. The number of hydrogen-bond acceptors (Lipinski definition) is 2. The van der Waals surface area contributed by atoms with E-state index in [-0.39, 0.29) is 0 Å². The minimum atomic E-state index is 1.12. The summed E-state index contributed by atoms with van der Waals surface area (Å²) < 4.78 is 5.28. The molecule has 2 rings (SSSR count). The lowest BCUT2D eigenvalue weighted by atomic mass is 10.2. The quantitative estimate of drug-likeness (QED) is 0.559. The van der Waals surface area contributed by atoms with Crippen LogP contribution < -0.4 is 0 Å². The molecule has 0 N–H and O–H groups in total. The van der Waals surface area contributed by atoms with E-state index in [2.05, 4.69) is 23.4 Å². The van der Waals surface area contributed by atoms with E-state index in [1.807, 2.05) is 12.3 Å². The fourth-order valence-corrected chi connectivity index (χ4v) is 1.62. The smallest absolute Gasteiger partial charge is 0.0558 e. The van der Waals surface area contributed by atoms with Gasteiger partial charge >= 0.3 is 0 Å². The Hall–Kier alpha value is -0.890. The maximum atomic E-state index is 4.05. The van der Waals surface area contributed by atoms with Crippen LogP contribution in [0.4, 0.5) is 0 Å². The van der Waals surface area contributed by atoms with Gasteiger partial charge in [-0.25, -0.2) is 0 Å². The minimum absolute atomic E-state index is 1.12. The highest BCUT2D eigenvalue weighted by molar-refractivity contribution is 7.13. The first kappa shape index (κ1) is 5.86. The monoisotopic (exact) mass is 148 g/mol.